The van der Waals surface area contributed by atoms with E-state index in [2.05, 4.69) is 18.0 Å². The molecule has 0 unspecified atom stereocenters. The molecule has 0 saturated carbocycles. The first kappa shape index (κ1) is 12.7. The van der Waals surface area contributed by atoms with Gasteiger partial charge in [0.1, 0.15) is 17.1 Å². The Morgan fingerprint density at radius 1 is 1.20 bits per heavy atom. The van der Waals surface area contributed by atoms with Gasteiger partial charge >= 0.3 is 0 Å². The molecule has 2 heterocycles. The van der Waals surface area contributed by atoms with Gasteiger partial charge in [0.05, 0.1) is 0 Å². The van der Waals surface area contributed by atoms with Crippen molar-refractivity contribution in [3.8, 4) is 11.6 Å². The van der Waals surface area contributed by atoms with Gasteiger partial charge in [0, 0.05) is 12.7 Å². The SMILES string of the molecule is CCc1cccc(Oc2nc3ccccn3c2CN)c1. The van der Waals surface area contributed by atoms with Crippen LogP contribution in [0.3, 0.4) is 0 Å². The number of hydrogen-bond donors (Lipinski definition) is 1. The van der Waals surface area contributed by atoms with Crippen LogP contribution in [-0.4, -0.2) is 9.38 Å². The topological polar surface area (TPSA) is 52.5 Å². The number of benzene rings is 1. The Hall–Kier alpha value is -2.33. The maximum Gasteiger partial charge on any atom is 0.242 e. The van der Waals surface area contributed by atoms with Gasteiger partial charge in [0.15, 0.2) is 0 Å². The number of fused-ring (bicyclic) bond motifs is 1. The molecule has 4 heteroatoms. The first-order valence-corrected chi connectivity index (χ1v) is 6.74. The molecular formula is C16H17N3O. The highest BCUT2D eigenvalue weighted by molar-refractivity contribution is 5.47. The summed E-state index contributed by atoms with van der Waals surface area (Å²) in [6.07, 6.45) is 2.92. The zero-order valence-electron chi connectivity index (χ0n) is 11.4. The summed E-state index contributed by atoms with van der Waals surface area (Å²) >= 11 is 0. The van der Waals surface area contributed by atoms with Crippen molar-refractivity contribution < 1.29 is 4.74 Å². The lowest BCUT2D eigenvalue weighted by Gasteiger charge is -2.06. The lowest BCUT2D eigenvalue weighted by Crippen LogP contribution is -2.02. The molecule has 4 nitrogen and oxygen atoms in total. The molecule has 0 saturated heterocycles. The Kier molecular flexibility index (Phi) is 3.39. The molecule has 102 valence electrons. The smallest absolute Gasteiger partial charge is 0.242 e. The van der Waals surface area contributed by atoms with Crippen molar-refractivity contribution in [1.29, 1.82) is 0 Å². The van der Waals surface area contributed by atoms with Crippen LogP contribution < -0.4 is 10.5 Å². The Balaban J connectivity index is 2.01. The molecule has 2 aromatic heterocycles. The van der Waals surface area contributed by atoms with Gasteiger partial charge in [0.2, 0.25) is 5.88 Å². The summed E-state index contributed by atoms with van der Waals surface area (Å²) < 4.78 is 7.87. The minimum Gasteiger partial charge on any atom is -0.437 e. The third-order valence-electron chi connectivity index (χ3n) is 3.31. The second kappa shape index (κ2) is 5.35. The van der Waals surface area contributed by atoms with Crippen LogP contribution in [0.1, 0.15) is 18.2 Å². The molecule has 1 aromatic carbocycles. The number of nitrogens with zero attached hydrogens (tertiary/aromatic N) is 2. The Morgan fingerprint density at radius 3 is 2.90 bits per heavy atom. The fourth-order valence-electron chi connectivity index (χ4n) is 2.23. The molecule has 20 heavy (non-hydrogen) atoms. The van der Waals surface area contributed by atoms with Crippen LogP contribution in [0.25, 0.3) is 5.65 Å². The van der Waals surface area contributed by atoms with Crippen LogP contribution in [0.15, 0.2) is 48.7 Å². The van der Waals surface area contributed by atoms with Crippen molar-refractivity contribution >= 4 is 5.65 Å². The lowest BCUT2D eigenvalue weighted by molar-refractivity contribution is 0.459. The average molecular weight is 267 g/mol. The molecule has 0 aliphatic rings. The van der Waals surface area contributed by atoms with E-state index >= 15 is 0 Å². The molecular weight excluding hydrogens is 250 g/mol. The second-order valence-corrected chi connectivity index (χ2v) is 4.60. The Labute approximate surface area is 117 Å². The number of nitrogens with two attached hydrogens (primary N) is 1. The third-order valence-corrected chi connectivity index (χ3v) is 3.31. The monoisotopic (exact) mass is 267 g/mol. The van der Waals surface area contributed by atoms with Crippen molar-refractivity contribution in [2.24, 2.45) is 5.73 Å². The summed E-state index contributed by atoms with van der Waals surface area (Å²) in [5.41, 5.74) is 8.79. The van der Waals surface area contributed by atoms with E-state index in [4.69, 9.17) is 10.5 Å². The van der Waals surface area contributed by atoms with E-state index in [1.807, 2.05) is 47.0 Å². The van der Waals surface area contributed by atoms with Gasteiger partial charge in [-0.15, -0.1) is 0 Å². The van der Waals surface area contributed by atoms with Gasteiger partial charge in [-0.2, -0.15) is 4.98 Å². The van der Waals surface area contributed by atoms with Crippen molar-refractivity contribution in [3.63, 3.8) is 0 Å². The molecule has 0 radical (unpaired) electrons. The maximum atomic E-state index is 5.92. The van der Waals surface area contributed by atoms with Crippen molar-refractivity contribution in [2.45, 2.75) is 19.9 Å². The number of pyridine rings is 1. The standard InChI is InChI=1S/C16H17N3O/c1-2-12-6-5-7-13(10-12)20-16-14(11-17)19-9-4-3-8-15(19)18-16/h3-10H,2,11,17H2,1H3. The fraction of sp³-hybridized carbons (Fsp3) is 0.188. The maximum absolute atomic E-state index is 5.92. The molecule has 0 atom stereocenters. The summed E-state index contributed by atoms with van der Waals surface area (Å²) in [6, 6.07) is 13.9. The number of ether oxygens (including phenoxy) is 1. The summed E-state index contributed by atoms with van der Waals surface area (Å²) in [5.74, 6) is 1.37. The van der Waals surface area contributed by atoms with Crippen LogP contribution in [0, 0.1) is 0 Å². The van der Waals surface area contributed by atoms with Gasteiger partial charge in [-0.05, 0) is 36.2 Å². The number of hydrogen-bond acceptors (Lipinski definition) is 3. The lowest BCUT2D eigenvalue weighted by atomic mass is 10.2. The Bertz CT molecular complexity index is 733. The predicted molar refractivity (Wildman–Crippen MR) is 79.0 cm³/mol. The van der Waals surface area contributed by atoms with Crippen LogP contribution in [0.4, 0.5) is 0 Å². The van der Waals surface area contributed by atoms with Crippen LogP contribution in [0.5, 0.6) is 11.6 Å². The van der Waals surface area contributed by atoms with E-state index in [0.717, 1.165) is 23.5 Å². The zero-order valence-corrected chi connectivity index (χ0v) is 11.4. The molecule has 0 bridgehead atoms. The summed E-state index contributed by atoms with van der Waals surface area (Å²) in [7, 11) is 0. The number of imidazole rings is 1. The quantitative estimate of drug-likeness (QED) is 0.790. The highest BCUT2D eigenvalue weighted by Gasteiger charge is 2.12. The molecule has 2 N–H and O–H groups in total. The van der Waals surface area contributed by atoms with Crippen molar-refractivity contribution in [1.82, 2.24) is 9.38 Å². The predicted octanol–water partition coefficient (Wildman–Crippen LogP) is 3.15. The van der Waals surface area contributed by atoms with Crippen LogP contribution in [-0.2, 0) is 13.0 Å². The third kappa shape index (κ3) is 2.26. The van der Waals surface area contributed by atoms with E-state index in [0.29, 0.717) is 12.4 Å². The van der Waals surface area contributed by atoms with Gasteiger partial charge in [-0.3, -0.25) is 4.40 Å². The summed E-state index contributed by atoms with van der Waals surface area (Å²) in [4.78, 5) is 4.50. The van der Waals surface area contributed by atoms with Crippen molar-refractivity contribution in [3.05, 3.63) is 59.9 Å². The zero-order chi connectivity index (χ0) is 13.9. The molecule has 0 fully saturated rings. The molecule has 3 aromatic rings. The first-order chi connectivity index (χ1) is 9.81. The van der Waals surface area contributed by atoms with Crippen LogP contribution >= 0.6 is 0 Å². The Morgan fingerprint density at radius 2 is 2.10 bits per heavy atom. The van der Waals surface area contributed by atoms with Gasteiger partial charge < -0.3 is 10.5 Å². The number of aromatic nitrogens is 2. The molecule has 0 spiro atoms. The molecule has 0 amide bonds. The van der Waals surface area contributed by atoms with E-state index < -0.39 is 0 Å². The fourth-order valence-corrected chi connectivity index (χ4v) is 2.23. The number of rotatable bonds is 4. The highest BCUT2D eigenvalue weighted by atomic mass is 16.5. The van der Waals surface area contributed by atoms with E-state index in [-0.39, 0.29) is 0 Å². The van der Waals surface area contributed by atoms with Gasteiger partial charge in [-0.1, -0.05) is 25.1 Å². The normalized spacial score (nSPS) is 10.9. The second-order valence-electron chi connectivity index (χ2n) is 4.60. The van der Waals surface area contributed by atoms with E-state index in [1.165, 1.54) is 5.56 Å². The first-order valence-electron chi connectivity index (χ1n) is 6.74. The minimum atomic E-state index is 0.383. The number of aryl methyl sites for hydroxylation is 1. The van der Waals surface area contributed by atoms with E-state index in [1.54, 1.807) is 0 Å². The molecule has 3 rings (SSSR count). The van der Waals surface area contributed by atoms with Gasteiger partial charge in [-0.25, -0.2) is 0 Å². The largest absolute Gasteiger partial charge is 0.437 e. The van der Waals surface area contributed by atoms with E-state index in [9.17, 15) is 0 Å². The van der Waals surface area contributed by atoms with Crippen molar-refractivity contribution in [2.75, 3.05) is 0 Å². The van der Waals surface area contributed by atoms with Crippen LogP contribution in [0.2, 0.25) is 0 Å². The minimum absolute atomic E-state index is 0.383. The summed E-state index contributed by atoms with van der Waals surface area (Å²) in [5, 5.41) is 0. The highest BCUT2D eigenvalue weighted by Crippen LogP contribution is 2.26. The molecule has 0 aliphatic carbocycles. The average Bonchev–Trinajstić information content (AvgIpc) is 2.84. The summed E-state index contributed by atoms with van der Waals surface area (Å²) in [6.45, 7) is 2.50. The van der Waals surface area contributed by atoms with Gasteiger partial charge in [0.25, 0.3) is 0 Å². The molecule has 0 aliphatic heterocycles.